The molecule has 0 saturated carbocycles. The lowest BCUT2D eigenvalue weighted by Crippen LogP contribution is -2.51. The first-order chi connectivity index (χ1) is 20.8. The molecular weight excluding hydrogens is 618 g/mol. The van der Waals surface area contributed by atoms with Crippen LogP contribution in [0.2, 0.25) is 0 Å². The number of methoxy groups -OCH3 is 1. The number of benzene rings is 2. The number of halogens is 6. The molecule has 0 spiro atoms. The smallest absolute Gasteiger partial charge is 0.424 e. The van der Waals surface area contributed by atoms with E-state index in [1.165, 1.54) is 31.4 Å². The molecule has 4 aromatic rings. The summed E-state index contributed by atoms with van der Waals surface area (Å²) in [5.41, 5.74) is -2.26. The van der Waals surface area contributed by atoms with Crippen LogP contribution in [0.25, 0.3) is 21.5 Å². The molecule has 1 unspecified atom stereocenters. The zero-order valence-electron chi connectivity index (χ0n) is 22.6. The third-order valence-electron chi connectivity index (χ3n) is 7.22. The topological polar surface area (TPSA) is 137 Å². The van der Waals surface area contributed by atoms with E-state index in [9.17, 15) is 41.0 Å². The molecule has 5 rings (SSSR count). The van der Waals surface area contributed by atoms with Crippen LogP contribution in [0.4, 0.5) is 26.3 Å². The largest absolute Gasteiger partial charge is 0.494 e. The van der Waals surface area contributed by atoms with E-state index >= 15 is 0 Å². The molecule has 0 radical (unpaired) electrons. The van der Waals surface area contributed by atoms with Gasteiger partial charge in [-0.25, -0.2) is 23.1 Å². The number of hydrogen-bond acceptors (Lipinski definition) is 8. The molecule has 0 saturated heterocycles. The van der Waals surface area contributed by atoms with Gasteiger partial charge in [0.2, 0.25) is 5.60 Å². The Morgan fingerprint density at radius 1 is 1.14 bits per heavy atom. The molecule has 44 heavy (non-hydrogen) atoms. The fourth-order valence-electron chi connectivity index (χ4n) is 4.67. The Balaban J connectivity index is 1.57. The number of thiazole rings is 1. The normalized spacial score (nSPS) is 15.4. The van der Waals surface area contributed by atoms with Crippen LogP contribution in [0, 0.1) is 5.82 Å². The second-order valence-corrected chi connectivity index (χ2v) is 11.1. The van der Waals surface area contributed by atoms with Crippen molar-refractivity contribution in [3.8, 4) is 22.8 Å². The Hall–Kier alpha value is -4.44. The summed E-state index contributed by atoms with van der Waals surface area (Å²) in [6.07, 6.45) is -5.47. The predicted octanol–water partition coefficient (Wildman–Crippen LogP) is 4.35. The number of nitrogens with zero attached hydrogens (tertiary/aromatic N) is 2. The number of nitrogens with two attached hydrogens (primary N) is 1. The second kappa shape index (κ2) is 11.2. The van der Waals surface area contributed by atoms with Gasteiger partial charge in [-0.15, -0.1) is 11.3 Å². The number of hydrogen-bond donors (Lipinski definition) is 3. The van der Waals surface area contributed by atoms with Crippen molar-refractivity contribution in [1.29, 1.82) is 0 Å². The van der Waals surface area contributed by atoms with Gasteiger partial charge >= 0.3 is 6.18 Å². The maximum Gasteiger partial charge on any atom is 0.424 e. The molecule has 2 amide bonds. The molecule has 9 nitrogen and oxygen atoms in total. The molecule has 0 aliphatic carbocycles. The third kappa shape index (κ3) is 5.17. The van der Waals surface area contributed by atoms with Crippen molar-refractivity contribution in [2.75, 3.05) is 33.6 Å². The van der Waals surface area contributed by atoms with Crippen molar-refractivity contribution in [3.63, 3.8) is 0 Å². The highest BCUT2D eigenvalue weighted by Gasteiger charge is 2.57. The molecule has 2 aromatic carbocycles. The molecule has 1 aliphatic heterocycles. The number of aromatic nitrogens is 2. The first-order valence-electron chi connectivity index (χ1n) is 12.7. The third-order valence-corrected chi connectivity index (χ3v) is 8.23. The average molecular weight is 641 g/mol. The highest BCUT2D eigenvalue weighted by atomic mass is 32.1. The summed E-state index contributed by atoms with van der Waals surface area (Å²) in [6, 6.07) is 7.47. The molecular formula is C28H22F6N4O5S. The van der Waals surface area contributed by atoms with Crippen molar-refractivity contribution in [1.82, 2.24) is 15.3 Å². The minimum Gasteiger partial charge on any atom is -0.494 e. The van der Waals surface area contributed by atoms with Crippen molar-refractivity contribution in [2.24, 2.45) is 5.73 Å². The number of alkyl halides is 5. The first-order valence-corrected chi connectivity index (χ1v) is 13.5. The van der Waals surface area contributed by atoms with E-state index in [1.807, 2.05) is 5.32 Å². The summed E-state index contributed by atoms with van der Waals surface area (Å²) in [6.45, 7) is -4.72. The Kier molecular flexibility index (Phi) is 7.92. The van der Waals surface area contributed by atoms with Crippen LogP contribution in [0.3, 0.4) is 0 Å². The number of carbonyl (C=O) groups is 2. The van der Waals surface area contributed by atoms with Crippen molar-refractivity contribution >= 4 is 33.4 Å². The van der Waals surface area contributed by atoms with Gasteiger partial charge in [0.25, 0.3) is 11.8 Å². The van der Waals surface area contributed by atoms with Crippen molar-refractivity contribution in [3.05, 3.63) is 70.1 Å². The Bertz CT molecular complexity index is 1760. The molecule has 0 fully saturated rings. The molecule has 4 N–H and O–H groups in total. The summed E-state index contributed by atoms with van der Waals surface area (Å²) in [5.74, 6) is -2.78. The summed E-state index contributed by atoms with van der Waals surface area (Å²) in [4.78, 5) is 32.6. The SMILES string of the molecule is COc1cc(C(=O)NCC(O)(c2cc3c(c(-c4ccc(F)cc4)n2)OCC3(CF)CF)C(F)(F)F)cc2sc(C(N)=O)nc12. The van der Waals surface area contributed by atoms with Crippen LogP contribution in [0.5, 0.6) is 11.5 Å². The van der Waals surface area contributed by atoms with Crippen LogP contribution < -0.4 is 20.5 Å². The number of nitrogens with one attached hydrogen (secondary N) is 1. The summed E-state index contributed by atoms with van der Waals surface area (Å²) < 4.78 is 96.7. The van der Waals surface area contributed by atoms with Crippen molar-refractivity contribution in [2.45, 2.75) is 17.2 Å². The maximum absolute atomic E-state index is 14.6. The van der Waals surface area contributed by atoms with Crippen LogP contribution in [0.15, 0.2) is 42.5 Å². The average Bonchev–Trinajstić information content (AvgIpc) is 3.61. The van der Waals surface area contributed by atoms with Crippen LogP contribution in [0.1, 0.15) is 31.4 Å². The predicted molar refractivity (Wildman–Crippen MR) is 146 cm³/mol. The van der Waals surface area contributed by atoms with Gasteiger partial charge in [-0.05, 0) is 42.5 Å². The fourth-order valence-corrected chi connectivity index (χ4v) is 5.55. The lowest BCUT2D eigenvalue weighted by atomic mass is 9.82. The van der Waals surface area contributed by atoms with E-state index in [2.05, 4.69) is 9.97 Å². The first kappa shape index (κ1) is 31.0. The summed E-state index contributed by atoms with van der Waals surface area (Å²) >= 11 is 0.825. The molecule has 16 heteroatoms. The van der Waals surface area contributed by atoms with E-state index in [0.29, 0.717) is 6.07 Å². The molecule has 1 aliphatic rings. The lowest BCUT2D eigenvalue weighted by molar-refractivity contribution is -0.265. The molecule has 2 aromatic heterocycles. The zero-order valence-corrected chi connectivity index (χ0v) is 23.4. The maximum atomic E-state index is 14.6. The van der Waals surface area contributed by atoms with E-state index in [1.54, 1.807) is 0 Å². The van der Waals surface area contributed by atoms with Gasteiger partial charge in [-0.3, -0.25) is 9.59 Å². The minimum absolute atomic E-state index is 0.0282. The number of primary amides is 1. The fraction of sp³-hybridized carbons (Fsp3) is 0.286. The summed E-state index contributed by atoms with van der Waals surface area (Å²) in [7, 11) is 1.25. The second-order valence-electron chi connectivity index (χ2n) is 10.0. The number of carbonyl (C=O) groups excluding carboxylic acids is 2. The minimum atomic E-state index is -5.47. The molecule has 232 valence electrons. The summed E-state index contributed by atoms with van der Waals surface area (Å²) in [5, 5.41) is 13.1. The van der Waals surface area contributed by atoms with Crippen LogP contribution >= 0.6 is 11.3 Å². The van der Waals surface area contributed by atoms with E-state index < -0.39 is 67.0 Å². The standard InChI is InChI=1S/C28H22F6N4O5S/c1-42-17-6-14(7-18-21(17)38-25(44-18)23(35)39)24(40)36-11-27(41,28(32,33)34)19-8-16-22(43-12-26(16,9-29)10-30)20(37-19)13-2-4-15(31)5-3-13/h2-8,41H,9-12H2,1H3,(H2,35,39)(H,36,40). The molecule has 1 atom stereocenters. The number of amides is 2. The van der Waals surface area contributed by atoms with Gasteiger partial charge in [-0.1, -0.05) is 0 Å². The monoisotopic (exact) mass is 640 g/mol. The number of rotatable bonds is 9. The number of ether oxygens (including phenoxy) is 2. The number of aliphatic hydroxyl groups is 1. The molecule has 3 heterocycles. The van der Waals surface area contributed by atoms with Gasteiger partial charge in [0.1, 0.15) is 48.5 Å². The van der Waals surface area contributed by atoms with Gasteiger partial charge in [0.05, 0.1) is 29.5 Å². The highest BCUT2D eigenvalue weighted by molar-refractivity contribution is 7.20. The lowest BCUT2D eigenvalue weighted by Gasteiger charge is -2.31. The van der Waals surface area contributed by atoms with Gasteiger partial charge in [0.15, 0.2) is 5.01 Å². The van der Waals surface area contributed by atoms with Crippen LogP contribution in [-0.4, -0.2) is 66.7 Å². The Morgan fingerprint density at radius 2 is 1.82 bits per heavy atom. The van der Waals surface area contributed by atoms with E-state index in [-0.39, 0.29) is 49.1 Å². The molecule has 0 bridgehead atoms. The zero-order chi connectivity index (χ0) is 32.0. The number of pyridine rings is 1. The quantitative estimate of drug-likeness (QED) is 0.232. The van der Waals surface area contributed by atoms with E-state index in [4.69, 9.17) is 15.2 Å². The Morgan fingerprint density at radius 3 is 2.41 bits per heavy atom. The van der Waals surface area contributed by atoms with E-state index in [0.717, 1.165) is 23.5 Å². The van der Waals surface area contributed by atoms with Gasteiger partial charge < -0.3 is 25.6 Å². The van der Waals surface area contributed by atoms with Crippen LogP contribution in [-0.2, 0) is 11.0 Å². The van der Waals surface area contributed by atoms with Gasteiger partial charge in [-0.2, -0.15) is 13.2 Å². The van der Waals surface area contributed by atoms with Gasteiger partial charge in [0, 0.05) is 16.7 Å². The Labute approximate surface area is 248 Å². The van der Waals surface area contributed by atoms with Crippen molar-refractivity contribution < 1.29 is 50.5 Å². The highest BCUT2D eigenvalue weighted by Crippen LogP contribution is 2.48. The number of fused-ring (bicyclic) bond motifs is 2.